The van der Waals surface area contributed by atoms with Gasteiger partial charge in [-0.05, 0) is 19.3 Å². The fourth-order valence-electron chi connectivity index (χ4n) is 2.82. The second-order valence-corrected chi connectivity index (χ2v) is 7.88. The van der Waals surface area contributed by atoms with Gasteiger partial charge in [0.25, 0.3) is 0 Å². The summed E-state index contributed by atoms with van der Waals surface area (Å²) in [6.45, 7) is 4.61. The number of likely N-dealkylation sites (N-methyl/N-ethyl adjacent to an activating group) is 2. The number of nitrogens with one attached hydrogen (secondary N) is 1. The minimum atomic E-state index is -0.0143. The van der Waals surface area contributed by atoms with Crippen LogP contribution in [0.15, 0.2) is 16.6 Å². The minimum Gasteiger partial charge on any atom is -0.376 e. The van der Waals surface area contributed by atoms with Gasteiger partial charge < -0.3 is 19.9 Å². The fraction of sp³-hybridized carbons (Fsp3) is 0.722. The molecule has 1 aliphatic heterocycles. The van der Waals surface area contributed by atoms with Crippen LogP contribution in [-0.2, 0) is 9.53 Å². The van der Waals surface area contributed by atoms with Crippen molar-refractivity contribution in [3.8, 4) is 0 Å². The number of carbonyl (C=O) groups excluding carboxylic acids is 1. The molecular formula is C18H32IN5O2S. The average Bonchev–Trinajstić information content (AvgIpc) is 3.17. The molecule has 0 bridgehead atoms. The van der Waals surface area contributed by atoms with Crippen molar-refractivity contribution in [2.75, 3.05) is 47.4 Å². The number of nitrogens with zero attached hydrogens (tertiary/aromatic N) is 4. The summed E-state index contributed by atoms with van der Waals surface area (Å²) in [7, 11) is 5.49. The highest BCUT2D eigenvalue weighted by Crippen LogP contribution is 2.18. The molecule has 2 heterocycles. The quantitative estimate of drug-likeness (QED) is 0.348. The first kappa shape index (κ1) is 24.1. The molecule has 1 N–H and O–H groups in total. The molecule has 0 aromatic carbocycles. The summed E-state index contributed by atoms with van der Waals surface area (Å²) in [6.07, 6.45) is 5.45. The van der Waals surface area contributed by atoms with E-state index in [-0.39, 0.29) is 42.5 Å². The summed E-state index contributed by atoms with van der Waals surface area (Å²) in [6, 6.07) is 0. The average molecular weight is 509 g/mol. The highest BCUT2D eigenvalue weighted by Gasteiger charge is 2.18. The Bertz CT molecular complexity index is 576. The van der Waals surface area contributed by atoms with Crippen molar-refractivity contribution < 1.29 is 9.53 Å². The molecule has 2 unspecified atom stereocenters. The number of halogens is 1. The lowest BCUT2D eigenvalue weighted by Gasteiger charge is -2.28. The molecule has 1 aromatic heterocycles. The van der Waals surface area contributed by atoms with E-state index in [0.29, 0.717) is 12.5 Å². The predicted molar refractivity (Wildman–Crippen MR) is 121 cm³/mol. The van der Waals surface area contributed by atoms with Crippen LogP contribution in [0.25, 0.3) is 0 Å². The Morgan fingerprint density at radius 2 is 2.22 bits per heavy atom. The smallest absolute Gasteiger partial charge is 0.243 e. The summed E-state index contributed by atoms with van der Waals surface area (Å²) >= 11 is 1.66. The molecule has 1 fully saturated rings. The van der Waals surface area contributed by atoms with Crippen molar-refractivity contribution in [1.82, 2.24) is 20.1 Å². The Morgan fingerprint density at radius 1 is 1.44 bits per heavy atom. The van der Waals surface area contributed by atoms with E-state index in [1.54, 1.807) is 30.3 Å². The first-order chi connectivity index (χ1) is 12.5. The zero-order valence-electron chi connectivity index (χ0n) is 16.7. The van der Waals surface area contributed by atoms with Gasteiger partial charge in [-0.3, -0.25) is 4.79 Å². The van der Waals surface area contributed by atoms with Crippen molar-refractivity contribution in [2.24, 2.45) is 4.99 Å². The van der Waals surface area contributed by atoms with Crippen molar-refractivity contribution in [3.63, 3.8) is 0 Å². The van der Waals surface area contributed by atoms with Crippen LogP contribution in [0.4, 0.5) is 0 Å². The monoisotopic (exact) mass is 509 g/mol. The van der Waals surface area contributed by atoms with Crippen LogP contribution in [0.2, 0.25) is 0 Å². The van der Waals surface area contributed by atoms with E-state index in [0.717, 1.165) is 37.0 Å². The first-order valence-electron chi connectivity index (χ1n) is 9.18. The number of hydrogen-bond acceptors (Lipinski definition) is 5. The lowest BCUT2D eigenvalue weighted by Crippen LogP contribution is -2.45. The van der Waals surface area contributed by atoms with Crippen LogP contribution < -0.4 is 5.32 Å². The highest BCUT2D eigenvalue weighted by atomic mass is 127. The molecule has 0 aliphatic carbocycles. The van der Waals surface area contributed by atoms with Crippen LogP contribution in [0.1, 0.15) is 37.1 Å². The van der Waals surface area contributed by atoms with E-state index in [9.17, 15) is 4.79 Å². The van der Waals surface area contributed by atoms with E-state index in [1.807, 2.05) is 18.6 Å². The molecule has 7 nitrogen and oxygen atoms in total. The first-order valence-corrected chi connectivity index (χ1v) is 10.1. The molecule has 0 saturated carbocycles. The van der Waals surface area contributed by atoms with Gasteiger partial charge in [0.2, 0.25) is 5.91 Å². The van der Waals surface area contributed by atoms with Gasteiger partial charge in [-0.2, -0.15) is 0 Å². The maximum absolute atomic E-state index is 11.9. The number of thiazole rings is 1. The fourth-order valence-corrected chi connectivity index (χ4v) is 3.51. The Balaban J connectivity index is 0.00000364. The van der Waals surface area contributed by atoms with Crippen LogP contribution in [0, 0.1) is 0 Å². The van der Waals surface area contributed by atoms with E-state index >= 15 is 0 Å². The number of hydrogen-bond donors (Lipinski definition) is 1. The largest absolute Gasteiger partial charge is 0.376 e. The number of carbonyl (C=O) groups is 1. The second-order valence-electron chi connectivity index (χ2n) is 6.95. The molecular weight excluding hydrogens is 477 g/mol. The lowest BCUT2D eigenvalue weighted by molar-refractivity contribution is -0.127. The molecule has 1 saturated heterocycles. The third-order valence-electron chi connectivity index (χ3n) is 4.41. The SMILES string of the molecule is CC(CN(C)C(=NCC(=O)N(C)C)NCC1CCCCO1)c1nccs1.I. The van der Waals surface area contributed by atoms with Gasteiger partial charge in [-0.25, -0.2) is 9.98 Å². The van der Waals surface area contributed by atoms with E-state index in [4.69, 9.17) is 4.74 Å². The molecule has 2 atom stereocenters. The molecule has 0 spiro atoms. The van der Waals surface area contributed by atoms with Crippen molar-refractivity contribution in [2.45, 2.75) is 38.2 Å². The third kappa shape index (κ3) is 8.30. The molecule has 154 valence electrons. The number of ether oxygens (including phenoxy) is 1. The van der Waals surface area contributed by atoms with E-state index in [2.05, 4.69) is 27.1 Å². The summed E-state index contributed by atoms with van der Waals surface area (Å²) in [4.78, 5) is 24.5. The summed E-state index contributed by atoms with van der Waals surface area (Å²) in [5.41, 5.74) is 0. The van der Waals surface area contributed by atoms with Gasteiger partial charge in [0.1, 0.15) is 6.54 Å². The number of rotatable bonds is 7. The Morgan fingerprint density at radius 3 is 2.81 bits per heavy atom. The number of amides is 1. The van der Waals surface area contributed by atoms with Crippen molar-refractivity contribution >= 4 is 47.2 Å². The van der Waals surface area contributed by atoms with Gasteiger partial charge in [-0.15, -0.1) is 35.3 Å². The maximum Gasteiger partial charge on any atom is 0.243 e. The van der Waals surface area contributed by atoms with Gasteiger partial charge in [0.05, 0.1) is 11.1 Å². The van der Waals surface area contributed by atoms with Crippen LogP contribution in [0.5, 0.6) is 0 Å². The van der Waals surface area contributed by atoms with Crippen molar-refractivity contribution in [3.05, 3.63) is 16.6 Å². The molecule has 0 radical (unpaired) electrons. The molecule has 2 rings (SSSR count). The van der Waals surface area contributed by atoms with Crippen LogP contribution in [-0.4, -0.2) is 80.1 Å². The molecule has 1 aromatic rings. The van der Waals surface area contributed by atoms with Crippen LogP contribution >= 0.6 is 35.3 Å². The van der Waals surface area contributed by atoms with Gasteiger partial charge in [0, 0.05) is 58.3 Å². The predicted octanol–water partition coefficient (Wildman–Crippen LogP) is 2.40. The molecule has 27 heavy (non-hydrogen) atoms. The van der Waals surface area contributed by atoms with Gasteiger partial charge in [0.15, 0.2) is 5.96 Å². The zero-order chi connectivity index (χ0) is 18.9. The Kier molecular flexibility index (Phi) is 11.2. The van der Waals surface area contributed by atoms with Crippen molar-refractivity contribution in [1.29, 1.82) is 0 Å². The Hall–Kier alpha value is -0.940. The zero-order valence-corrected chi connectivity index (χ0v) is 19.8. The van der Waals surface area contributed by atoms with E-state index < -0.39 is 0 Å². The minimum absolute atomic E-state index is 0. The number of guanidine groups is 1. The maximum atomic E-state index is 11.9. The van der Waals surface area contributed by atoms with E-state index in [1.165, 1.54) is 6.42 Å². The summed E-state index contributed by atoms with van der Waals surface area (Å²) < 4.78 is 5.79. The lowest BCUT2D eigenvalue weighted by atomic mass is 10.1. The van der Waals surface area contributed by atoms with Crippen LogP contribution in [0.3, 0.4) is 0 Å². The number of aromatic nitrogens is 1. The van der Waals surface area contributed by atoms with Gasteiger partial charge >= 0.3 is 0 Å². The molecule has 9 heteroatoms. The molecule has 1 aliphatic rings. The second kappa shape index (κ2) is 12.5. The standard InChI is InChI=1S/C18H31N5O2S.HI/c1-14(17-19-8-10-26-17)13-23(4)18(21-12-16(24)22(2)3)20-11-15-7-5-6-9-25-15;/h8,10,14-15H,5-7,9,11-13H2,1-4H3,(H,20,21);1H. The summed E-state index contributed by atoms with van der Waals surface area (Å²) in [5.74, 6) is 1.01. The molecule has 1 amide bonds. The van der Waals surface area contributed by atoms with Gasteiger partial charge in [-0.1, -0.05) is 6.92 Å². The number of aliphatic imine (C=N–C) groups is 1. The topological polar surface area (TPSA) is 70.1 Å². The third-order valence-corrected chi connectivity index (χ3v) is 5.41. The Labute approximate surface area is 183 Å². The summed E-state index contributed by atoms with van der Waals surface area (Å²) in [5, 5.41) is 6.50. The highest BCUT2D eigenvalue weighted by molar-refractivity contribution is 14.0. The normalized spacial score (nSPS) is 18.4.